The Morgan fingerprint density at radius 1 is 1.40 bits per heavy atom. The van der Waals surface area contributed by atoms with Crippen LogP contribution >= 0.6 is 0 Å². The number of nitrogens with one attached hydrogen (secondary N) is 3. The molecule has 0 radical (unpaired) electrons. The molecule has 3 amide bonds. The highest BCUT2D eigenvalue weighted by Gasteiger charge is 2.27. The molecule has 1 rings (SSSR count). The summed E-state index contributed by atoms with van der Waals surface area (Å²) < 4.78 is 5.23. The van der Waals surface area contributed by atoms with Gasteiger partial charge < -0.3 is 20.7 Å². The quantitative estimate of drug-likeness (QED) is 0.233. The Kier molecular flexibility index (Phi) is 7.41. The van der Waals surface area contributed by atoms with Crippen molar-refractivity contribution in [1.82, 2.24) is 20.9 Å². The van der Waals surface area contributed by atoms with Gasteiger partial charge in [-0.05, 0) is 13.3 Å². The molecule has 1 saturated heterocycles. The number of ether oxygens (including phenoxy) is 1. The molecule has 0 unspecified atom stereocenters. The summed E-state index contributed by atoms with van der Waals surface area (Å²) in [6.07, 6.45) is 0.890. The van der Waals surface area contributed by atoms with Gasteiger partial charge in [0.1, 0.15) is 0 Å². The van der Waals surface area contributed by atoms with Gasteiger partial charge in [0.25, 0.3) is 0 Å². The lowest BCUT2D eigenvalue weighted by Crippen LogP contribution is -2.43. The highest BCUT2D eigenvalue weighted by molar-refractivity contribution is 6.01. The fourth-order valence-corrected chi connectivity index (χ4v) is 1.71. The van der Waals surface area contributed by atoms with Crippen molar-refractivity contribution in [3.63, 3.8) is 0 Å². The normalized spacial score (nSPS) is 15.5. The molecular weight excluding hydrogens is 262 g/mol. The van der Waals surface area contributed by atoms with E-state index in [1.165, 1.54) is 4.90 Å². The van der Waals surface area contributed by atoms with E-state index >= 15 is 0 Å². The maximum Gasteiger partial charge on any atom is 0.324 e. The second kappa shape index (κ2) is 9.13. The van der Waals surface area contributed by atoms with Crippen LogP contribution in [0.1, 0.15) is 13.3 Å². The molecule has 114 valence electrons. The van der Waals surface area contributed by atoms with Crippen LogP contribution in [0, 0.1) is 0 Å². The number of hydrogen-bond acceptors (Lipinski definition) is 4. The van der Waals surface area contributed by atoms with Crippen LogP contribution in [0.25, 0.3) is 0 Å². The number of rotatable bonds is 8. The molecule has 20 heavy (non-hydrogen) atoms. The van der Waals surface area contributed by atoms with Crippen molar-refractivity contribution in [2.24, 2.45) is 4.99 Å². The summed E-state index contributed by atoms with van der Waals surface area (Å²) in [6.45, 7) is 5.02. The van der Waals surface area contributed by atoms with Gasteiger partial charge in [-0.1, -0.05) is 0 Å². The molecule has 0 aromatic heterocycles. The molecule has 0 saturated carbocycles. The van der Waals surface area contributed by atoms with Gasteiger partial charge in [-0.2, -0.15) is 0 Å². The third-order valence-corrected chi connectivity index (χ3v) is 2.75. The number of aliphatic imine (C=N–C) groups is 1. The van der Waals surface area contributed by atoms with Gasteiger partial charge in [-0.3, -0.25) is 14.7 Å². The predicted molar refractivity (Wildman–Crippen MR) is 75.6 cm³/mol. The lowest BCUT2D eigenvalue weighted by molar-refractivity contribution is -0.124. The minimum absolute atomic E-state index is 0.0865. The van der Waals surface area contributed by atoms with Gasteiger partial charge in [0, 0.05) is 39.9 Å². The Bertz CT molecular complexity index is 343. The van der Waals surface area contributed by atoms with Crippen LogP contribution in [-0.2, 0) is 9.53 Å². The van der Waals surface area contributed by atoms with Crippen LogP contribution in [-0.4, -0.2) is 69.2 Å². The monoisotopic (exact) mass is 285 g/mol. The van der Waals surface area contributed by atoms with Gasteiger partial charge >= 0.3 is 6.03 Å². The van der Waals surface area contributed by atoms with Crippen molar-refractivity contribution in [3.8, 4) is 0 Å². The molecule has 0 atom stereocenters. The average molecular weight is 285 g/mol. The van der Waals surface area contributed by atoms with Gasteiger partial charge in [0.2, 0.25) is 5.91 Å². The average Bonchev–Trinajstić information content (AvgIpc) is 2.76. The van der Waals surface area contributed by atoms with E-state index in [1.54, 1.807) is 7.05 Å². The lowest BCUT2D eigenvalue weighted by atomic mass is 10.4. The van der Waals surface area contributed by atoms with Crippen LogP contribution in [0.4, 0.5) is 4.79 Å². The van der Waals surface area contributed by atoms with Crippen LogP contribution in [0.2, 0.25) is 0 Å². The van der Waals surface area contributed by atoms with E-state index in [9.17, 15) is 9.59 Å². The molecule has 0 aliphatic carbocycles. The van der Waals surface area contributed by atoms with Gasteiger partial charge in [-0.25, -0.2) is 4.79 Å². The molecule has 0 aromatic carbocycles. The number of carbonyl (C=O) groups is 2. The Balaban J connectivity index is 2.15. The standard InChI is InChI=1S/C12H23N5O3/c1-3-20-8-4-5-14-11(13-2)15-6-7-17-10(18)9-16-12(17)19/h3-9H2,1-2H3,(H,16,19)(H2,13,14,15). The van der Waals surface area contributed by atoms with Gasteiger partial charge in [0.05, 0.1) is 6.54 Å². The summed E-state index contributed by atoms with van der Waals surface area (Å²) in [5.41, 5.74) is 0. The van der Waals surface area contributed by atoms with Crippen LogP contribution in [0.15, 0.2) is 4.99 Å². The molecule has 0 aromatic rings. The lowest BCUT2D eigenvalue weighted by Gasteiger charge is -2.15. The first-order chi connectivity index (χ1) is 9.69. The summed E-state index contributed by atoms with van der Waals surface area (Å²) in [6, 6.07) is -0.337. The summed E-state index contributed by atoms with van der Waals surface area (Å²) >= 11 is 0. The molecule has 8 nitrogen and oxygen atoms in total. The number of urea groups is 1. The highest BCUT2D eigenvalue weighted by atomic mass is 16.5. The van der Waals surface area contributed by atoms with Crippen molar-refractivity contribution >= 4 is 17.9 Å². The Labute approximate surface area is 118 Å². The molecule has 1 heterocycles. The summed E-state index contributed by atoms with van der Waals surface area (Å²) in [7, 11) is 1.67. The zero-order valence-corrected chi connectivity index (χ0v) is 12.1. The van der Waals surface area contributed by atoms with Crippen LogP contribution in [0.5, 0.6) is 0 Å². The van der Waals surface area contributed by atoms with E-state index < -0.39 is 0 Å². The van der Waals surface area contributed by atoms with Crippen molar-refractivity contribution in [3.05, 3.63) is 0 Å². The third-order valence-electron chi connectivity index (χ3n) is 2.75. The van der Waals surface area contributed by atoms with Crippen LogP contribution < -0.4 is 16.0 Å². The second-order valence-corrected chi connectivity index (χ2v) is 4.18. The maximum absolute atomic E-state index is 11.4. The van der Waals surface area contributed by atoms with Gasteiger partial charge in [0.15, 0.2) is 5.96 Å². The van der Waals surface area contributed by atoms with Gasteiger partial charge in [-0.15, -0.1) is 0 Å². The number of nitrogens with zero attached hydrogens (tertiary/aromatic N) is 2. The number of carbonyl (C=O) groups excluding carboxylic acids is 2. The zero-order valence-electron chi connectivity index (χ0n) is 12.1. The molecule has 3 N–H and O–H groups in total. The third kappa shape index (κ3) is 5.43. The van der Waals surface area contributed by atoms with Crippen LogP contribution in [0.3, 0.4) is 0 Å². The van der Waals surface area contributed by atoms with E-state index in [0.29, 0.717) is 25.7 Å². The van der Waals surface area contributed by atoms with Crippen molar-refractivity contribution in [1.29, 1.82) is 0 Å². The molecule has 8 heteroatoms. The number of imide groups is 1. The number of hydrogen-bond donors (Lipinski definition) is 3. The smallest absolute Gasteiger partial charge is 0.324 e. The number of guanidine groups is 1. The topological polar surface area (TPSA) is 95.1 Å². The van der Waals surface area contributed by atoms with Crippen molar-refractivity contribution < 1.29 is 14.3 Å². The fourth-order valence-electron chi connectivity index (χ4n) is 1.71. The summed E-state index contributed by atoms with van der Waals surface area (Å²) in [5, 5.41) is 8.66. The van der Waals surface area contributed by atoms with Crippen molar-refractivity contribution in [2.45, 2.75) is 13.3 Å². The van der Waals surface area contributed by atoms with E-state index in [2.05, 4.69) is 20.9 Å². The minimum atomic E-state index is -0.337. The zero-order chi connectivity index (χ0) is 14.8. The van der Waals surface area contributed by atoms with E-state index in [-0.39, 0.29) is 18.5 Å². The first-order valence-electron chi connectivity index (χ1n) is 6.79. The molecule has 1 aliphatic rings. The SMILES string of the molecule is CCOCCCNC(=NC)NCCN1C(=O)CNC1=O. The minimum Gasteiger partial charge on any atom is -0.382 e. The Hall–Kier alpha value is -1.83. The fraction of sp³-hybridized carbons (Fsp3) is 0.750. The molecular formula is C12H23N5O3. The predicted octanol–water partition coefficient (Wildman–Crippen LogP) is -0.870. The van der Waals surface area contributed by atoms with Crippen molar-refractivity contribution in [2.75, 3.05) is 46.4 Å². The van der Waals surface area contributed by atoms with E-state index in [4.69, 9.17) is 4.74 Å². The maximum atomic E-state index is 11.4. The second-order valence-electron chi connectivity index (χ2n) is 4.18. The molecule has 1 fully saturated rings. The Morgan fingerprint density at radius 3 is 2.75 bits per heavy atom. The largest absolute Gasteiger partial charge is 0.382 e. The van der Waals surface area contributed by atoms with E-state index in [1.807, 2.05) is 6.92 Å². The summed E-state index contributed by atoms with van der Waals surface area (Å²) in [5.74, 6) is 0.449. The summed E-state index contributed by atoms with van der Waals surface area (Å²) in [4.78, 5) is 27.9. The Morgan fingerprint density at radius 2 is 2.15 bits per heavy atom. The van der Waals surface area contributed by atoms with E-state index in [0.717, 1.165) is 19.6 Å². The molecule has 1 aliphatic heterocycles. The highest BCUT2D eigenvalue weighted by Crippen LogP contribution is 1.96. The first kappa shape index (κ1) is 16.2. The number of amides is 3. The molecule has 0 spiro atoms. The first-order valence-corrected chi connectivity index (χ1v) is 6.79. The molecule has 0 bridgehead atoms.